The van der Waals surface area contributed by atoms with E-state index in [1.165, 1.54) is 33.3 Å². The third-order valence-electron chi connectivity index (χ3n) is 9.88. The molecule has 316 valence electrons. The maximum Gasteiger partial charge on any atom is 0.239 e. The Morgan fingerprint density at radius 2 is 1.19 bits per heavy atom. The van der Waals surface area contributed by atoms with E-state index in [-0.39, 0.29) is 22.8 Å². The molecule has 12 N–H and O–H groups in total. The van der Waals surface area contributed by atoms with Crippen LogP contribution in [0.25, 0.3) is 22.3 Å². The van der Waals surface area contributed by atoms with Gasteiger partial charge in [-0.25, -0.2) is 0 Å². The van der Waals surface area contributed by atoms with Crippen LogP contribution in [-0.4, -0.2) is 181 Å². The number of hydrogen-bond donors (Lipinski definition) is 12. The molecule has 0 spiro atoms. The van der Waals surface area contributed by atoms with Crippen LogP contribution in [0.3, 0.4) is 0 Å². The average Bonchev–Trinajstić information content (AvgIpc) is 3.19. The van der Waals surface area contributed by atoms with Gasteiger partial charge < -0.3 is 104 Å². The molecule has 0 aliphatic carbocycles. The van der Waals surface area contributed by atoms with Crippen molar-refractivity contribution in [3.63, 3.8) is 0 Å². The molecule has 3 aliphatic rings. The molecule has 2 aromatic carbocycles. The number of aliphatic hydroxyl groups excluding tert-OH is 10. The van der Waals surface area contributed by atoms with E-state index in [0.717, 1.165) is 12.1 Å². The van der Waals surface area contributed by atoms with Gasteiger partial charge in [-0.1, -0.05) is 0 Å². The minimum Gasteiger partial charge on any atom is -0.507 e. The zero-order chi connectivity index (χ0) is 41.6. The van der Waals surface area contributed by atoms with Crippen LogP contribution in [0.15, 0.2) is 33.5 Å². The fourth-order valence-corrected chi connectivity index (χ4v) is 6.55. The molecular weight excluding hydrogens is 772 g/mol. The van der Waals surface area contributed by atoms with Crippen molar-refractivity contribution in [1.82, 2.24) is 0 Å². The second kappa shape index (κ2) is 17.0. The summed E-state index contributed by atoms with van der Waals surface area (Å²) in [5.74, 6) is -3.14. The van der Waals surface area contributed by atoms with Gasteiger partial charge in [-0.05, 0) is 19.1 Å². The van der Waals surface area contributed by atoms with Gasteiger partial charge >= 0.3 is 0 Å². The van der Waals surface area contributed by atoms with Crippen LogP contribution in [0, 0.1) is 0 Å². The van der Waals surface area contributed by atoms with E-state index in [4.69, 9.17) is 42.3 Å². The summed E-state index contributed by atoms with van der Waals surface area (Å²) in [6.45, 7) is -0.0145. The summed E-state index contributed by atoms with van der Waals surface area (Å²) in [4.78, 5) is 14.3. The van der Waals surface area contributed by atoms with E-state index in [9.17, 15) is 66.1 Å². The zero-order valence-electron chi connectivity index (χ0n) is 30.3. The Hall–Kier alpha value is -4.11. The lowest BCUT2D eigenvalue weighted by Crippen LogP contribution is -2.61. The minimum atomic E-state index is -2.06. The number of hydrogen-bond acceptors (Lipinski definition) is 22. The van der Waals surface area contributed by atoms with Gasteiger partial charge in [-0.2, -0.15) is 0 Å². The Morgan fingerprint density at radius 3 is 1.79 bits per heavy atom. The molecule has 0 bridgehead atoms. The first-order valence-corrected chi connectivity index (χ1v) is 17.4. The molecule has 0 amide bonds. The maximum atomic E-state index is 14.3. The van der Waals surface area contributed by atoms with Gasteiger partial charge in [0.25, 0.3) is 0 Å². The lowest BCUT2D eigenvalue weighted by atomic mass is 9.98. The molecule has 22 nitrogen and oxygen atoms in total. The molecule has 3 aliphatic heterocycles. The summed E-state index contributed by atoms with van der Waals surface area (Å²) in [5.41, 5.74) is -1.58. The van der Waals surface area contributed by atoms with E-state index in [2.05, 4.69) is 0 Å². The monoisotopic (exact) mass is 816 g/mol. The van der Waals surface area contributed by atoms with Gasteiger partial charge in [0.15, 0.2) is 23.5 Å². The predicted molar refractivity (Wildman–Crippen MR) is 184 cm³/mol. The Morgan fingerprint density at radius 1 is 0.649 bits per heavy atom. The van der Waals surface area contributed by atoms with Crippen molar-refractivity contribution in [3.8, 4) is 45.8 Å². The number of ether oxygens (including phenoxy) is 8. The maximum absolute atomic E-state index is 14.3. The molecule has 6 rings (SSSR count). The van der Waals surface area contributed by atoms with Gasteiger partial charge in [0.05, 0.1) is 33.5 Å². The highest BCUT2D eigenvalue weighted by molar-refractivity contribution is 5.88. The number of rotatable bonds is 11. The highest BCUT2D eigenvalue weighted by atomic mass is 16.7. The summed E-state index contributed by atoms with van der Waals surface area (Å²) in [5, 5.41) is 125. The minimum absolute atomic E-state index is 0.0701. The average molecular weight is 817 g/mol. The largest absolute Gasteiger partial charge is 0.507 e. The van der Waals surface area contributed by atoms with Crippen molar-refractivity contribution in [2.24, 2.45) is 0 Å². The van der Waals surface area contributed by atoms with E-state index < -0.39 is 145 Å². The molecule has 4 heterocycles. The lowest BCUT2D eigenvalue weighted by molar-refractivity contribution is -0.318. The second-order valence-corrected chi connectivity index (χ2v) is 13.6. The first kappa shape index (κ1) is 42.5. The van der Waals surface area contributed by atoms with Gasteiger partial charge in [-0.3, -0.25) is 4.79 Å². The normalized spacial score (nSPS) is 35.8. The van der Waals surface area contributed by atoms with Crippen LogP contribution in [0.2, 0.25) is 0 Å². The number of benzene rings is 2. The Labute approximate surface area is 321 Å². The van der Waals surface area contributed by atoms with Gasteiger partial charge in [0, 0.05) is 17.7 Å². The molecule has 15 atom stereocenters. The van der Waals surface area contributed by atoms with Crippen molar-refractivity contribution in [3.05, 3.63) is 34.5 Å². The lowest BCUT2D eigenvalue weighted by Gasteiger charge is -2.42. The smallest absolute Gasteiger partial charge is 0.239 e. The molecule has 0 radical (unpaired) electrons. The fourth-order valence-electron chi connectivity index (χ4n) is 6.55. The first-order chi connectivity index (χ1) is 27.0. The summed E-state index contributed by atoms with van der Waals surface area (Å²) in [6, 6.07) is 4.41. The molecule has 57 heavy (non-hydrogen) atoms. The standard InChI is InChI=1S/C35H44O22/c1-10-20(38)25(43)28(46)33(52-10)51-9-18-23(41)27(45)30(48)35(56-18)57-32-24(42)19-13(37)6-12(53-34-29(47)26(44)22(40)17(8-36)55-34)7-14(19)54-31(32)11-4-15(49-2)21(39)16(5-11)50-3/h4-7,10,17-18,20,22-23,25-30,33-41,43-48H,8-9H2,1-3H3/t10-,17-,18-,20-,22-,23-,25-,26-,27-,28+,29-,30-,33+,34-,35-/m0/s1. The van der Waals surface area contributed by atoms with Crippen LogP contribution >= 0.6 is 0 Å². The van der Waals surface area contributed by atoms with Crippen LogP contribution in [0.1, 0.15) is 6.92 Å². The fraction of sp³-hybridized carbons (Fsp3) is 0.571. The van der Waals surface area contributed by atoms with E-state index in [1.807, 2.05) is 0 Å². The zero-order valence-corrected chi connectivity index (χ0v) is 30.3. The SMILES string of the molecule is COc1cc(-c2oc3cc(O[C@H]4O[C@@H](CO)[C@H](O)[C@H](O)[C@@H]4O)cc(O)c3c(=O)c2O[C@@H]2O[C@@H](CO[C@@H]3O[C@@H](C)[C@H](O)[C@H](O)[C@H]3O)[C@H](O)[C@H](O)[C@@H]2O)cc(OC)c1O. The third kappa shape index (κ3) is 8.02. The number of phenolic OH excluding ortho intramolecular Hbond substituents is 2. The van der Waals surface area contributed by atoms with Crippen LogP contribution < -0.4 is 24.4 Å². The number of methoxy groups -OCH3 is 2. The molecule has 3 saturated heterocycles. The number of aromatic hydroxyl groups is 2. The summed E-state index contributed by atoms with van der Waals surface area (Å²) in [7, 11) is 2.43. The number of aliphatic hydroxyl groups is 10. The molecule has 22 heteroatoms. The second-order valence-electron chi connectivity index (χ2n) is 13.6. The summed E-state index contributed by atoms with van der Waals surface area (Å²) >= 11 is 0. The topological polar surface area (TPSA) is 347 Å². The van der Waals surface area contributed by atoms with E-state index in [0.29, 0.717) is 0 Å². The highest BCUT2D eigenvalue weighted by Crippen LogP contribution is 2.44. The molecule has 3 aromatic rings. The Bertz CT molecular complexity index is 1910. The van der Waals surface area contributed by atoms with Crippen LogP contribution in [-0.2, 0) is 18.9 Å². The highest BCUT2D eigenvalue weighted by Gasteiger charge is 2.48. The van der Waals surface area contributed by atoms with Crippen molar-refractivity contribution in [2.75, 3.05) is 27.4 Å². The number of fused-ring (bicyclic) bond motifs is 1. The van der Waals surface area contributed by atoms with Crippen LogP contribution in [0.5, 0.6) is 34.5 Å². The predicted octanol–water partition coefficient (Wildman–Crippen LogP) is -3.90. The Balaban J connectivity index is 1.38. The van der Waals surface area contributed by atoms with Gasteiger partial charge in [0.2, 0.25) is 29.5 Å². The van der Waals surface area contributed by atoms with Crippen molar-refractivity contribution < 1.29 is 104 Å². The molecular formula is C35H44O22. The molecule has 0 saturated carbocycles. The van der Waals surface area contributed by atoms with Crippen molar-refractivity contribution in [2.45, 2.75) is 99.0 Å². The first-order valence-electron chi connectivity index (χ1n) is 17.4. The quantitative estimate of drug-likeness (QED) is 0.0880. The van der Waals surface area contributed by atoms with E-state index >= 15 is 0 Å². The molecule has 0 unspecified atom stereocenters. The summed E-state index contributed by atoms with van der Waals surface area (Å²) < 4.78 is 50.1. The molecule has 3 fully saturated rings. The molecule has 1 aromatic heterocycles. The third-order valence-corrected chi connectivity index (χ3v) is 9.88. The van der Waals surface area contributed by atoms with Crippen LogP contribution in [0.4, 0.5) is 0 Å². The van der Waals surface area contributed by atoms with Gasteiger partial charge in [-0.15, -0.1) is 0 Å². The van der Waals surface area contributed by atoms with Gasteiger partial charge in [0.1, 0.15) is 89.6 Å². The Kier molecular flexibility index (Phi) is 12.7. The van der Waals surface area contributed by atoms with E-state index in [1.54, 1.807) is 0 Å². The number of phenols is 2. The summed E-state index contributed by atoms with van der Waals surface area (Å²) in [6.07, 6.45) is -25.2. The van der Waals surface area contributed by atoms with Crippen molar-refractivity contribution in [1.29, 1.82) is 0 Å². The van der Waals surface area contributed by atoms with Crippen molar-refractivity contribution >= 4 is 11.0 Å².